The van der Waals surface area contributed by atoms with Gasteiger partial charge in [-0.3, -0.25) is 0 Å². The molecule has 2 aromatic heterocycles. The number of nitrogens with one attached hydrogen (secondary N) is 2. The highest BCUT2D eigenvalue weighted by atomic mass is 19.2. The fraction of sp³-hybridized carbons (Fsp3) is 0.450. The number of hydrogen-bond acceptors (Lipinski definition) is 7. The summed E-state index contributed by atoms with van der Waals surface area (Å²) in [5.41, 5.74) is 2.81. The van der Waals surface area contributed by atoms with E-state index in [2.05, 4.69) is 30.2 Å². The Morgan fingerprint density at radius 2 is 1.80 bits per heavy atom. The number of piperidine rings is 1. The van der Waals surface area contributed by atoms with Gasteiger partial charge in [0.25, 0.3) is 0 Å². The largest absolute Gasteiger partial charge is 0.391 e. The first kappa shape index (κ1) is 19.0. The molecule has 0 unspecified atom stereocenters. The van der Waals surface area contributed by atoms with Gasteiger partial charge in [0, 0.05) is 24.5 Å². The molecule has 3 aromatic rings. The van der Waals surface area contributed by atoms with Gasteiger partial charge in [-0.1, -0.05) is 0 Å². The average molecular weight is 415 g/mol. The van der Waals surface area contributed by atoms with Crippen LogP contribution in [-0.2, 0) is 0 Å². The summed E-state index contributed by atoms with van der Waals surface area (Å²) in [4.78, 5) is 19.8. The second-order valence-corrected chi connectivity index (χ2v) is 7.82. The summed E-state index contributed by atoms with van der Waals surface area (Å²) in [5, 5.41) is 13.0. The van der Waals surface area contributed by atoms with Crippen LogP contribution >= 0.6 is 0 Å². The SMILES string of the molecule is O[C@H]1CCCN(c2ccc(Nc3nc(N4C[C@H](F)[C@@H](F)C4)c4[nH]cnc4n3)cc2)C1. The minimum atomic E-state index is -1.53. The van der Waals surface area contributed by atoms with Gasteiger partial charge in [0.05, 0.1) is 25.5 Å². The molecule has 0 aliphatic carbocycles. The predicted octanol–water partition coefficient (Wildman–Crippen LogP) is 2.55. The maximum absolute atomic E-state index is 13.7. The molecule has 0 radical (unpaired) electrons. The molecule has 8 nitrogen and oxygen atoms in total. The second kappa shape index (κ2) is 7.67. The maximum atomic E-state index is 13.7. The minimum absolute atomic E-state index is 0.0534. The summed E-state index contributed by atoms with van der Waals surface area (Å²) in [5.74, 6) is 0.741. The lowest BCUT2D eigenvalue weighted by atomic mass is 10.1. The Labute approximate surface area is 172 Å². The van der Waals surface area contributed by atoms with Crippen LogP contribution in [0.5, 0.6) is 0 Å². The van der Waals surface area contributed by atoms with Crippen molar-refractivity contribution in [2.24, 2.45) is 0 Å². The van der Waals surface area contributed by atoms with Gasteiger partial charge < -0.3 is 25.2 Å². The van der Waals surface area contributed by atoms with Crippen molar-refractivity contribution in [3.05, 3.63) is 30.6 Å². The Bertz CT molecular complexity index is 1020. The first-order valence-electron chi connectivity index (χ1n) is 10.1. The van der Waals surface area contributed by atoms with E-state index in [1.54, 1.807) is 4.90 Å². The molecule has 0 amide bonds. The summed E-state index contributed by atoms with van der Waals surface area (Å²) >= 11 is 0. The molecule has 3 atom stereocenters. The first-order valence-corrected chi connectivity index (χ1v) is 10.1. The molecule has 2 saturated heterocycles. The van der Waals surface area contributed by atoms with Crippen LogP contribution in [0.15, 0.2) is 30.6 Å². The molecule has 2 fully saturated rings. The molecule has 5 rings (SSSR count). The molecular weight excluding hydrogens is 392 g/mol. The number of nitrogens with zero attached hydrogens (tertiary/aromatic N) is 5. The van der Waals surface area contributed by atoms with E-state index in [9.17, 15) is 13.9 Å². The number of rotatable bonds is 4. The molecule has 10 heteroatoms. The molecule has 0 saturated carbocycles. The van der Waals surface area contributed by atoms with Crippen molar-refractivity contribution < 1.29 is 13.9 Å². The number of alkyl halides is 2. The zero-order valence-corrected chi connectivity index (χ0v) is 16.3. The van der Waals surface area contributed by atoms with Crippen LogP contribution in [0.1, 0.15) is 12.8 Å². The molecule has 2 aliphatic rings. The van der Waals surface area contributed by atoms with Gasteiger partial charge in [-0.15, -0.1) is 0 Å². The number of aliphatic hydroxyl groups is 1. The molecule has 30 heavy (non-hydrogen) atoms. The van der Waals surface area contributed by atoms with Crippen LogP contribution in [-0.4, -0.2) is 69.7 Å². The number of aromatic amines is 1. The highest BCUT2D eigenvalue weighted by molar-refractivity contribution is 5.85. The zero-order valence-electron chi connectivity index (χ0n) is 16.3. The number of aromatic nitrogens is 4. The summed E-state index contributed by atoms with van der Waals surface area (Å²) < 4.78 is 27.4. The molecule has 0 spiro atoms. The van der Waals surface area contributed by atoms with E-state index >= 15 is 0 Å². The van der Waals surface area contributed by atoms with Crippen LogP contribution in [0.2, 0.25) is 0 Å². The number of anilines is 4. The Morgan fingerprint density at radius 1 is 1.03 bits per heavy atom. The smallest absolute Gasteiger partial charge is 0.231 e. The number of fused-ring (bicyclic) bond motifs is 1. The van der Waals surface area contributed by atoms with Crippen LogP contribution < -0.4 is 15.1 Å². The van der Waals surface area contributed by atoms with Crippen molar-refractivity contribution >= 4 is 34.3 Å². The normalized spacial score (nSPS) is 24.6. The lowest BCUT2D eigenvalue weighted by molar-refractivity contribution is 0.154. The summed E-state index contributed by atoms with van der Waals surface area (Å²) in [6, 6.07) is 7.80. The minimum Gasteiger partial charge on any atom is -0.391 e. The Hall–Kier alpha value is -3.01. The highest BCUT2D eigenvalue weighted by Crippen LogP contribution is 2.29. The van der Waals surface area contributed by atoms with Gasteiger partial charge in [-0.2, -0.15) is 9.97 Å². The third-order valence-corrected chi connectivity index (χ3v) is 5.63. The number of halogens is 2. The van der Waals surface area contributed by atoms with Crippen molar-refractivity contribution in [1.29, 1.82) is 0 Å². The van der Waals surface area contributed by atoms with Gasteiger partial charge in [-0.25, -0.2) is 13.8 Å². The lowest BCUT2D eigenvalue weighted by Gasteiger charge is -2.32. The van der Waals surface area contributed by atoms with Gasteiger partial charge in [0.2, 0.25) is 5.95 Å². The van der Waals surface area contributed by atoms with Crippen LogP contribution in [0.25, 0.3) is 11.2 Å². The predicted molar refractivity (Wildman–Crippen MR) is 111 cm³/mol. The van der Waals surface area contributed by atoms with Gasteiger partial charge in [-0.05, 0) is 37.1 Å². The van der Waals surface area contributed by atoms with E-state index in [1.807, 2.05) is 24.3 Å². The fourth-order valence-corrected chi connectivity index (χ4v) is 4.07. The van der Waals surface area contributed by atoms with E-state index in [0.29, 0.717) is 29.5 Å². The van der Waals surface area contributed by atoms with Gasteiger partial charge in [0.1, 0.15) is 5.52 Å². The average Bonchev–Trinajstić information content (AvgIpc) is 3.34. The molecular formula is C20H23F2N7O. The van der Waals surface area contributed by atoms with E-state index in [4.69, 9.17) is 0 Å². The number of benzene rings is 1. The van der Waals surface area contributed by atoms with Crippen molar-refractivity contribution in [2.45, 2.75) is 31.3 Å². The molecule has 158 valence electrons. The molecule has 4 heterocycles. The summed E-state index contributed by atoms with van der Waals surface area (Å²) in [6.45, 7) is 1.45. The first-order chi connectivity index (χ1) is 14.6. The van der Waals surface area contributed by atoms with Crippen LogP contribution in [0.4, 0.5) is 31.9 Å². The van der Waals surface area contributed by atoms with E-state index in [0.717, 1.165) is 30.8 Å². The summed E-state index contributed by atoms with van der Waals surface area (Å²) in [7, 11) is 0. The topological polar surface area (TPSA) is 93.2 Å². The molecule has 3 N–H and O–H groups in total. The summed E-state index contributed by atoms with van der Waals surface area (Å²) in [6.07, 6.45) is -0.0517. The third-order valence-electron chi connectivity index (χ3n) is 5.63. The lowest BCUT2D eigenvalue weighted by Crippen LogP contribution is -2.38. The van der Waals surface area contributed by atoms with E-state index < -0.39 is 12.3 Å². The Morgan fingerprint density at radius 3 is 2.53 bits per heavy atom. The third kappa shape index (κ3) is 3.62. The van der Waals surface area contributed by atoms with Gasteiger partial charge in [0.15, 0.2) is 23.8 Å². The molecule has 2 aliphatic heterocycles. The molecule has 1 aromatic carbocycles. The molecule has 0 bridgehead atoms. The second-order valence-electron chi connectivity index (χ2n) is 7.82. The number of imidazole rings is 1. The van der Waals surface area contributed by atoms with Crippen molar-refractivity contribution in [3.63, 3.8) is 0 Å². The van der Waals surface area contributed by atoms with Crippen molar-refractivity contribution in [2.75, 3.05) is 41.3 Å². The fourth-order valence-electron chi connectivity index (χ4n) is 4.07. The van der Waals surface area contributed by atoms with Crippen molar-refractivity contribution in [3.8, 4) is 0 Å². The number of hydrogen-bond donors (Lipinski definition) is 3. The Balaban J connectivity index is 1.38. The van der Waals surface area contributed by atoms with E-state index in [-0.39, 0.29) is 19.2 Å². The highest BCUT2D eigenvalue weighted by Gasteiger charge is 2.35. The number of aliphatic hydroxyl groups excluding tert-OH is 1. The Kier molecular flexibility index (Phi) is 4.86. The standard InChI is InChI=1S/C20H23F2N7O/c21-15-9-29(10-16(15)22)19-17-18(24-11-23-17)26-20(27-19)25-12-3-5-13(6-4-12)28-7-1-2-14(30)8-28/h3-6,11,14-16,30H,1-2,7-10H2,(H2,23,24,25,26,27)/t14-,15-,16-/m0/s1. The zero-order chi connectivity index (χ0) is 20.7. The van der Waals surface area contributed by atoms with Crippen LogP contribution in [0, 0.1) is 0 Å². The van der Waals surface area contributed by atoms with E-state index in [1.165, 1.54) is 6.33 Å². The van der Waals surface area contributed by atoms with Crippen LogP contribution in [0.3, 0.4) is 0 Å². The number of H-pyrrole nitrogens is 1. The monoisotopic (exact) mass is 415 g/mol. The van der Waals surface area contributed by atoms with Gasteiger partial charge >= 0.3 is 0 Å². The maximum Gasteiger partial charge on any atom is 0.231 e. The number of β-amino-alcohol motifs (C(OH)–C–C–N with tert-alkyl or cyclic N) is 1. The quantitative estimate of drug-likeness (QED) is 0.603. The van der Waals surface area contributed by atoms with Crippen molar-refractivity contribution in [1.82, 2.24) is 19.9 Å².